The number of furan rings is 1. The summed E-state index contributed by atoms with van der Waals surface area (Å²) in [7, 11) is 0. The molecule has 1 fully saturated rings. The lowest BCUT2D eigenvalue weighted by Crippen LogP contribution is -2.44. The first-order valence-electron chi connectivity index (χ1n) is 8.66. The van der Waals surface area contributed by atoms with E-state index in [2.05, 4.69) is 29.0 Å². The maximum atomic E-state index is 5.41. The van der Waals surface area contributed by atoms with Crippen LogP contribution in [0.4, 0.5) is 0 Å². The predicted molar refractivity (Wildman–Crippen MR) is 97.4 cm³/mol. The van der Waals surface area contributed by atoms with Crippen LogP contribution < -0.4 is 10.6 Å². The van der Waals surface area contributed by atoms with Crippen LogP contribution in [-0.2, 0) is 11.2 Å². The van der Waals surface area contributed by atoms with E-state index < -0.39 is 0 Å². The van der Waals surface area contributed by atoms with Gasteiger partial charge in [-0.2, -0.15) is 0 Å². The minimum atomic E-state index is 0.405. The SMILES string of the molecule is C=C(C)CNC(=NCC(C)N1CCOCC1)NCCc1ccco1. The number of rotatable bonds is 8. The summed E-state index contributed by atoms with van der Waals surface area (Å²) >= 11 is 0. The third-order valence-electron chi connectivity index (χ3n) is 3.98. The molecule has 6 heteroatoms. The largest absolute Gasteiger partial charge is 0.469 e. The summed E-state index contributed by atoms with van der Waals surface area (Å²) in [6.45, 7) is 14.0. The Labute approximate surface area is 145 Å². The molecule has 1 aromatic rings. The number of aliphatic imine (C=N–C) groups is 1. The topological polar surface area (TPSA) is 62.0 Å². The molecule has 1 atom stereocenters. The van der Waals surface area contributed by atoms with Gasteiger partial charge in [0.15, 0.2) is 5.96 Å². The molecule has 0 aromatic carbocycles. The Morgan fingerprint density at radius 1 is 1.38 bits per heavy atom. The lowest BCUT2D eigenvalue weighted by Gasteiger charge is -2.31. The molecule has 0 bridgehead atoms. The van der Waals surface area contributed by atoms with Crippen LogP contribution in [0, 0.1) is 0 Å². The number of ether oxygens (including phenoxy) is 1. The molecule has 2 rings (SSSR count). The summed E-state index contributed by atoms with van der Waals surface area (Å²) in [5.41, 5.74) is 1.08. The van der Waals surface area contributed by atoms with E-state index in [1.54, 1.807) is 6.26 Å². The highest BCUT2D eigenvalue weighted by Crippen LogP contribution is 2.04. The van der Waals surface area contributed by atoms with Crippen molar-refractivity contribution in [1.29, 1.82) is 0 Å². The molecule has 6 nitrogen and oxygen atoms in total. The quantitative estimate of drug-likeness (QED) is 0.430. The Balaban J connectivity index is 1.81. The number of hydrogen-bond donors (Lipinski definition) is 2. The van der Waals surface area contributed by atoms with Crippen molar-refractivity contribution in [2.45, 2.75) is 26.3 Å². The predicted octanol–water partition coefficient (Wildman–Crippen LogP) is 1.65. The van der Waals surface area contributed by atoms with Crippen LogP contribution in [0.3, 0.4) is 0 Å². The Morgan fingerprint density at radius 2 is 2.17 bits per heavy atom. The standard InChI is InChI=1S/C18H30N4O2/c1-15(2)13-20-18(19-7-6-17-5-4-10-24-17)21-14-16(3)22-8-11-23-12-9-22/h4-5,10,16H,1,6-9,11-14H2,2-3H3,(H2,19,20,21). The first kappa shape index (κ1) is 18.5. The van der Waals surface area contributed by atoms with Gasteiger partial charge in [-0.25, -0.2) is 0 Å². The summed E-state index contributed by atoms with van der Waals surface area (Å²) in [6.07, 6.45) is 2.54. The van der Waals surface area contributed by atoms with Gasteiger partial charge in [0.05, 0.1) is 26.0 Å². The Kier molecular flexibility index (Phi) is 7.85. The monoisotopic (exact) mass is 334 g/mol. The van der Waals surface area contributed by atoms with Gasteiger partial charge >= 0.3 is 0 Å². The second kappa shape index (κ2) is 10.2. The Bertz CT molecular complexity index is 507. The number of nitrogens with one attached hydrogen (secondary N) is 2. The van der Waals surface area contributed by atoms with Gasteiger partial charge in [0.25, 0.3) is 0 Å². The summed E-state index contributed by atoms with van der Waals surface area (Å²) in [4.78, 5) is 7.15. The van der Waals surface area contributed by atoms with Gasteiger partial charge in [0, 0.05) is 38.6 Å². The normalized spacial score (nSPS) is 17.5. The van der Waals surface area contributed by atoms with Crippen LogP contribution in [0.2, 0.25) is 0 Å². The van der Waals surface area contributed by atoms with Gasteiger partial charge < -0.3 is 19.8 Å². The molecule has 1 unspecified atom stereocenters. The van der Waals surface area contributed by atoms with E-state index in [4.69, 9.17) is 14.1 Å². The Morgan fingerprint density at radius 3 is 2.83 bits per heavy atom. The molecular weight excluding hydrogens is 304 g/mol. The van der Waals surface area contributed by atoms with Crippen molar-refractivity contribution in [1.82, 2.24) is 15.5 Å². The van der Waals surface area contributed by atoms with Crippen molar-refractivity contribution in [2.75, 3.05) is 45.9 Å². The molecular formula is C18H30N4O2. The zero-order chi connectivity index (χ0) is 17.2. The van der Waals surface area contributed by atoms with Crippen LogP contribution in [0.1, 0.15) is 19.6 Å². The van der Waals surface area contributed by atoms with Crippen molar-refractivity contribution in [3.63, 3.8) is 0 Å². The van der Waals surface area contributed by atoms with Crippen molar-refractivity contribution in [2.24, 2.45) is 4.99 Å². The molecule has 1 aromatic heterocycles. The molecule has 134 valence electrons. The fraction of sp³-hybridized carbons (Fsp3) is 0.611. The van der Waals surface area contributed by atoms with E-state index in [1.807, 2.05) is 19.1 Å². The zero-order valence-corrected chi connectivity index (χ0v) is 14.9. The van der Waals surface area contributed by atoms with E-state index in [0.29, 0.717) is 6.04 Å². The molecule has 1 aliphatic heterocycles. The second-order valence-corrected chi connectivity index (χ2v) is 6.25. The van der Waals surface area contributed by atoms with E-state index >= 15 is 0 Å². The molecule has 0 amide bonds. The van der Waals surface area contributed by atoms with Crippen molar-refractivity contribution < 1.29 is 9.15 Å². The third kappa shape index (κ3) is 6.76. The second-order valence-electron chi connectivity index (χ2n) is 6.25. The van der Waals surface area contributed by atoms with Crippen LogP contribution in [-0.4, -0.2) is 62.8 Å². The van der Waals surface area contributed by atoms with Crippen molar-refractivity contribution >= 4 is 5.96 Å². The smallest absolute Gasteiger partial charge is 0.191 e. The highest BCUT2D eigenvalue weighted by molar-refractivity contribution is 5.80. The molecule has 0 spiro atoms. The van der Waals surface area contributed by atoms with Crippen LogP contribution in [0.15, 0.2) is 40.0 Å². The van der Waals surface area contributed by atoms with Gasteiger partial charge in [-0.15, -0.1) is 0 Å². The number of hydrogen-bond acceptors (Lipinski definition) is 4. The molecule has 0 radical (unpaired) electrons. The zero-order valence-electron chi connectivity index (χ0n) is 14.9. The molecule has 2 heterocycles. The van der Waals surface area contributed by atoms with Gasteiger partial charge in [-0.05, 0) is 26.0 Å². The fourth-order valence-corrected chi connectivity index (χ4v) is 2.52. The first-order chi connectivity index (χ1) is 11.6. The summed E-state index contributed by atoms with van der Waals surface area (Å²) < 4.78 is 10.8. The lowest BCUT2D eigenvalue weighted by molar-refractivity contribution is 0.0220. The summed E-state index contributed by atoms with van der Waals surface area (Å²) in [6, 6.07) is 4.30. The Hall–Kier alpha value is -1.79. The maximum absolute atomic E-state index is 5.41. The number of morpholine rings is 1. The molecule has 0 aliphatic carbocycles. The molecule has 1 aliphatic rings. The minimum Gasteiger partial charge on any atom is -0.469 e. The van der Waals surface area contributed by atoms with Gasteiger partial charge in [-0.3, -0.25) is 9.89 Å². The highest BCUT2D eigenvalue weighted by Gasteiger charge is 2.16. The fourth-order valence-electron chi connectivity index (χ4n) is 2.52. The van der Waals surface area contributed by atoms with Gasteiger partial charge in [0.2, 0.25) is 0 Å². The third-order valence-corrected chi connectivity index (χ3v) is 3.98. The average molecular weight is 334 g/mol. The lowest BCUT2D eigenvalue weighted by atomic mass is 10.2. The highest BCUT2D eigenvalue weighted by atomic mass is 16.5. The van der Waals surface area contributed by atoms with E-state index in [0.717, 1.165) is 69.7 Å². The number of nitrogens with zero attached hydrogens (tertiary/aromatic N) is 2. The average Bonchev–Trinajstić information content (AvgIpc) is 3.10. The van der Waals surface area contributed by atoms with Crippen molar-refractivity contribution in [3.8, 4) is 0 Å². The van der Waals surface area contributed by atoms with E-state index in [-0.39, 0.29) is 0 Å². The molecule has 24 heavy (non-hydrogen) atoms. The van der Waals surface area contributed by atoms with E-state index in [1.165, 1.54) is 0 Å². The molecule has 2 N–H and O–H groups in total. The van der Waals surface area contributed by atoms with E-state index in [9.17, 15) is 0 Å². The molecule has 1 saturated heterocycles. The van der Waals surface area contributed by atoms with Gasteiger partial charge in [0.1, 0.15) is 5.76 Å². The summed E-state index contributed by atoms with van der Waals surface area (Å²) in [5, 5.41) is 6.69. The minimum absolute atomic E-state index is 0.405. The van der Waals surface area contributed by atoms with Crippen LogP contribution in [0.25, 0.3) is 0 Å². The van der Waals surface area contributed by atoms with Crippen LogP contribution >= 0.6 is 0 Å². The maximum Gasteiger partial charge on any atom is 0.191 e. The van der Waals surface area contributed by atoms with Crippen molar-refractivity contribution in [3.05, 3.63) is 36.3 Å². The molecule has 0 saturated carbocycles. The summed E-state index contributed by atoms with van der Waals surface area (Å²) in [5.74, 6) is 1.80. The number of guanidine groups is 1. The first-order valence-corrected chi connectivity index (χ1v) is 8.66. The van der Waals surface area contributed by atoms with Crippen LogP contribution in [0.5, 0.6) is 0 Å². The van der Waals surface area contributed by atoms with Gasteiger partial charge in [-0.1, -0.05) is 12.2 Å².